The average Bonchev–Trinajstić information content (AvgIpc) is 2.76. The number of rotatable bonds is 7. The number of anilines is 2. The maximum atomic E-state index is 9.84. The van der Waals surface area contributed by atoms with Crippen LogP contribution in [-0.2, 0) is 6.61 Å². The van der Waals surface area contributed by atoms with Gasteiger partial charge in [0.25, 0.3) is 0 Å². The summed E-state index contributed by atoms with van der Waals surface area (Å²) in [6, 6.07) is 6.23. The number of aliphatic hydroxyl groups excluding tert-OH is 1. The van der Waals surface area contributed by atoms with E-state index in [-0.39, 0.29) is 12.6 Å². The second-order valence-electron chi connectivity index (χ2n) is 10.5. The van der Waals surface area contributed by atoms with Crippen LogP contribution in [0.1, 0.15) is 56.7 Å². The van der Waals surface area contributed by atoms with E-state index in [1.54, 1.807) is 12.3 Å². The number of hydrogen-bond donors (Lipinski definition) is 2. The summed E-state index contributed by atoms with van der Waals surface area (Å²) in [5, 5.41) is 14.5. The van der Waals surface area contributed by atoms with Gasteiger partial charge in [-0.15, -0.1) is 0 Å². The van der Waals surface area contributed by atoms with Crippen molar-refractivity contribution < 1.29 is 5.11 Å². The van der Waals surface area contributed by atoms with E-state index in [2.05, 4.69) is 27.0 Å². The van der Waals surface area contributed by atoms with E-state index < -0.39 is 0 Å². The maximum absolute atomic E-state index is 9.84. The number of nitrogens with one attached hydrogen (secondary N) is 1. The number of halogens is 2. The Bertz CT molecular complexity index is 1010. The van der Waals surface area contributed by atoms with Gasteiger partial charge in [0, 0.05) is 47.5 Å². The third-order valence-corrected chi connectivity index (χ3v) is 8.58. The second kappa shape index (κ2) is 10.2. The monoisotopic (exact) mass is 503 g/mol. The molecule has 1 saturated carbocycles. The molecule has 1 aromatic heterocycles. The van der Waals surface area contributed by atoms with E-state index in [1.807, 2.05) is 19.1 Å². The van der Waals surface area contributed by atoms with E-state index in [9.17, 15) is 5.11 Å². The predicted molar refractivity (Wildman–Crippen MR) is 139 cm³/mol. The van der Waals surface area contributed by atoms with Gasteiger partial charge in [-0.05, 0) is 74.6 Å². The van der Waals surface area contributed by atoms with E-state index in [0.717, 1.165) is 42.5 Å². The summed E-state index contributed by atoms with van der Waals surface area (Å²) in [5.41, 5.74) is 1.61. The Morgan fingerprint density at radius 2 is 1.97 bits per heavy atom. The summed E-state index contributed by atoms with van der Waals surface area (Å²) in [6.07, 6.45) is 7.16. The van der Waals surface area contributed by atoms with Crippen LogP contribution >= 0.6 is 23.2 Å². The van der Waals surface area contributed by atoms with Gasteiger partial charge in [0.15, 0.2) is 0 Å². The van der Waals surface area contributed by atoms with Gasteiger partial charge >= 0.3 is 0 Å². The summed E-state index contributed by atoms with van der Waals surface area (Å²) in [6.45, 7) is 8.83. The molecule has 2 aromatic rings. The van der Waals surface area contributed by atoms with Crippen molar-refractivity contribution in [2.75, 3.05) is 36.4 Å². The first kappa shape index (κ1) is 24.1. The molecule has 3 heterocycles. The van der Waals surface area contributed by atoms with Crippen LogP contribution in [0.4, 0.5) is 11.8 Å². The molecule has 8 heteroatoms. The minimum absolute atomic E-state index is 0.0931. The molecule has 2 N–H and O–H groups in total. The molecule has 0 spiro atoms. The largest absolute Gasteiger partial charge is 0.391 e. The fourth-order valence-corrected chi connectivity index (χ4v) is 6.39. The fourth-order valence-electron chi connectivity index (χ4n) is 5.81. The molecule has 6 nitrogen and oxygen atoms in total. The van der Waals surface area contributed by atoms with Crippen LogP contribution in [0.15, 0.2) is 24.4 Å². The molecule has 34 heavy (non-hydrogen) atoms. The molecule has 2 atom stereocenters. The quantitative estimate of drug-likeness (QED) is 0.527. The number of nitrogens with zero attached hydrogens (tertiary/aromatic N) is 4. The highest BCUT2D eigenvalue weighted by Crippen LogP contribution is 2.38. The molecular weight excluding hydrogens is 469 g/mol. The van der Waals surface area contributed by atoms with Gasteiger partial charge < -0.3 is 20.2 Å². The predicted octanol–water partition coefficient (Wildman–Crippen LogP) is 5.40. The molecule has 3 aliphatic rings. The van der Waals surface area contributed by atoms with E-state index in [1.165, 1.54) is 38.8 Å². The molecule has 0 amide bonds. The zero-order chi connectivity index (χ0) is 23.8. The van der Waals surface area contributed by atoms with E-state index in [0.29, 0.717) is 27.3 Å². The van der Waals surface area contributed by atoms with Crippen molar-refractivity contribution in [2.24, 2.45) is 17.8 Å². The highest BCUT2D eigenvalue weighted by molar-refractivity contribution is 6.35. The lowest BCUT2D eigenvalue weighted by atomic mass is 9.76. The summed E-state index contributed by atoms with van der Waals surface area (Å²) in [4.78, 5) is 14.4. The third-order valence-electron chi connectivity index (χ3n) is 8.02. The zero-order valence-electron chi connectivity index (χ0n) is 20.1. The van der Waals surface area contributed by atoms with Gasteiger partial charge in [-0.1, -0.05) is 36.2 Å². The van der Waals surface area contributed by atoms with Crippen molar-refractivity contribution in [2.45, 2.75) is 58.2 Å². The molecule has 184 valence electrons. The van der Waals surface area contributed by atoms with Gasteiger partial charge in [0.2, 0.25) is 5.95 Å². The lowest BCUT2D eigenvalue weighted by molar-refractivity contribution is 0.0294. The molecule has 0 bridgehead atoms. The van der Waals surface area contributed by atoms with Gasteiger partial charge in [0.1, 0.15) is 5.82 Å². The van der Waals surface area contributed by atoms with Crippen LogP contribution in [0.25, 0.3) is 0 Å². The van der Waals surface area contributed by atoms with E-state index >= 15 is 0 Å². The lowest BCUT2D eigenvalue weighted by Gasteiger charge is -2.50. The first-order chi connectivity index (χ1) is 16.4. The highest BCUT2D eigenvalue weighted by Gasteiger charge is 2.40. The Labute approximate surface area is 212 Å². The molecule has 3 fully saturated rings. The van der Waals surface area contributed by atoms with Gasteiger partial charge in [-0.3, -0.25) is 0 Å². The molecule has 0 unspecified atom stereocenters. The lowest BCUT2D eigenvalue weighted by Crippen LogP contribution is -2.56. The van der Waals surface area contributed by atoms with Crippen LogP contribution in [0, 0.1) is 17.8 Å². The summed E-state index contributed by atoms with van der Waals surface area (Å²) in [7, 11) is 0. The van der Waals surface area contributed by atoms with Crippen LogP contribution in [0.5, 0.6) is 0 Å². The number of likely N-dealkylation sites (tertiary alicyclic amines) is 1. The molecule has 2 saturated heterocycles. The van der Waals surface area contributed by atoms with Crippen molar-refractivity contribution in [1.29, 1.82) is 0 Å². The summed E-state index contributed by atoms with van der Waals surface area (Å²) < 4.78 is 0. The maximum Gasteiger partial charge on any atom is 0.227 e. The molecule has 2 aliphatic heterocycles. The Morgan fingerprint density at radius 3 is 2.68 bits per heavy atom. The van der Waals surface area contributed by atoms with Gasteiger partial charge in [-0.2, -0.15) is 4.98 Å². The summed E-state index contributed by atoms with van der Waals surface area (Å²) in [5.74, 6) is 3.78. The Kier molecular flexibility index (Phi) is 7.22. The third kappa shape index (κ3) is 5.01. The minimum atomic E-state index is -0.121. The zero-order valence-corrected chi connectivity index (χ0v) is 21.6. The first-order valence-corrected chi connectivity index (χ1v) is 13.3. The van der Waals surface area contributed by atoms with Crippen molar-refractivity contribution in [3.63, 3.8) is 0 Å². The number of aromatic nitrogens is 2. The molecule has 0 radical (unpaired) electrons. The Hall–Kier alpha value is -1.60. The van der Waals surface area contributed by atoms with Crippen LogP contribution < -0.4 is 10.2 Å². The standard InChI is InChI=1S/C26H35Cl2N5O/c1-16-8-22(9-16)32-7-3-4-18(12-32)20-13-33(14-20)26-29-11-19(15-34)25(31-26)30-17(2)23-6-5-21(27)10-24(23)28/h5-6,10-11,16-18,20,22,34H,3-4,7-9,12-15H2,1-2H3,(H,29,30,31)/t16?,17-,18+,22?/m1/s1. The normalized spacial score (nSPS) is 26.6. The van der Waals surface area contributed by atoms with Gasteiger partial charge in [0.05, 0.1) is 12.6 Å². The van der Waals surface area contributed by atoms with Crippen molar-refractivity contribution in [3.8, 4) is 0 Å². The topological polar surface area (TPSA) is 64.5 Å². The summed E-state index contributed by atoms with van der Waals surface area (Å²) >= 11 is 12.4. The molecular formula is C26H35Cl2N5O. The fraction of sp³-hybridized carbons (Fsp3) is 0.615. The van der Waals surface area contributed by atoms with Crippen molar-refractivity contribution in [1.82, 2.24) is 14.9 Å². The number of benzene rings is 1. The Morgan fingerprint density at radius 1 is 1.18 bits per heavy atom. The van der Waals surface area contributed by atoms with Crippen LogP contribution in [0.3, 0.4) is 0 Å². The van der Waals surface area contributed by atoms with Crippen molar-refractivity contribution in [3.05, 3.63) is 45.6 Å². The second-order valence-corrected chi connectivity index (χ2v) is 11.4. The van der Waals surface area contributed by atoms with Crippen molar-refractivity contribution >= 4 is 35.0 Å². The van der Waals surface area contributed by atoms with Crippen LogP contribution in [0.2, 0.25) is 10.0 Å². The number of hydrogen-bond acceptors (Lipinski definition) is 6. The van der Waals surface area contributed by atoms with Crippen LogP contribution in [-0.4, -0.2) is 52.2 Å². The smallest absolute Gasteiger partial charge is 0.227 e. The average molecular weight is 505 g/mol. The molecule has 5 rings (SSSR count). The van der Waals surface area contributed by atoms with E-state index in [4.69, 9.17) is 28.2 Å². The molecule has 1 aromatic carbocycles. The number of piperidine rings is 1. The molecule has 1 aliphatic carbocycles. The minimum Gasteiger partial charge on any atom is -0.391 e. The first-order valence-electron chi connectivity index (χ1n) is 12.6. The SMILES string of the molecule is CC1CC(N2CCC[C@H](C3CN(c4ncc(CO)c(N[C@H](C)c5ccc(Cl)cc5Cl)n4)C3)C2)C1. The van der Waals surface area contributed by atoms with Gasteiger partial charge in [-0.25, -0.2) is 4.98 Å². The number of aliphatic hydroxyl groups is 1. The Balaban J connectivity index is 1.22. The highest BCUT2D eigenvalue weighted by atomic mass is 35.5.